The summed E-state index contributed by atoms with van der Waals surface area (Å²) < 4.78 is 23.2. The lowest BCUT2D eigenvalue weighted by atomic mass is 10.1. The zero-order chi connectivity index (χ0) is 25.7. The van der Waals surface area contributed by atoms with Gasteiger partial charge in [0.1, 0.15) is 55.2 Å². The normalized spacial score (nSPS) is 10.7. The van der Waals surface area contributed by atoms with Crippen molar-refractivity contribution in [3.05, 3.63) is 120 Å². The van der Waals surface area contributed by atoms with E-state index in [9.17, 15) is 9.90 Å². The number of phenolic OH excluding ortho intramolecular Hbond substituents is 1. The lowest BCUT2D eigenvalue weighted by molar-refractivity contribution is 0.104. The molecule has 0 aliphatic carbocycles. The van der Waals surface area contributed by atoms with Crippen molar-refractivity contribution in [2.24, 2.45) is 0 Å². The molecule has 0 bridgehead atoms. The van der Waals surface area contributed by atoms with Gasteiger partial charge in [0.05, 0.1) is 5.56 Å². The highest BCUT2D eigenvalue weighted by Crippen LogP contribution is 2.27. The van der Waals surface area contributed by atoms with Gasteiger partial charge in [-0.25, -0.2) is 0 Å². The van der Waals surface area contributed by atoms with Crippen molar-refractivity contribution in [1.82, 2.24) is 0 Å². The van der Waals surface area contributed by atoms with Gasteiger partial charge >= 0.3 is 0 Å². The quantitative estimate of drug-likeness (QED) is 0.135. The van der Waals surface area contributed by atoms with Crippen molar-refractivity contribution >= 4 is 11.9 Å². The number of hydrogen-bond donors (Lipinski definition) is 1. The minimum atomic E-state index is -0.310. The Hall–Kier alpha value is -4.71. The smallest absolute Gasteiger partial charge is 0.189 e. The maximum Gasteiger partial charge on any atom is 0.189 e. The first-order valence-electron chi connectivity index (χ1n) is 11.9. The van der Waals surface area contributed by atoms with Gasteiger partial charge in [0.15, 0.2) is 5.78 Å². The molecular formula is C31H28O6. The standard InChI is InChI=1S/C31H28O6/c32-29-14-8-7-13-28(29)30(33)18-16-24-15-17-27(36-20-19-34-25-9-3-1-4-10-25)23-31(24)37-22-21-35-26-11-5-2-6-12-26/h1-18,23,32H,19-22H2/b18-16+. The number of benzene rings is 4. The fourth-order valence-electron chi connectivity index (χ4n) is 3.47. The first-order valence-corrected chi connectivity index (χ1v) is 11.9. The molecular weight excluding hydrogens is 468 g/mol. The van der Waals surface area contributed by atoms with E-state index in [0.29, 0.717) is 43.5 Å². The molecule has 0 atom stereocenters. The number of hydrogen-bond acceptors (Lipinski definition) is 6. The molecule has 0 amide bonds. The molecule has 188 valence electrons. The Balaban J connectivity index is 1.40. The van der Waals surface area contributed by atoms with Crippen LogP contribution in [0.25, 0.3) is 6.08 Å². The van der Waals surface area contributed by atoms with E-state index in [0.717, 1.165) is 11.5 Å². The van der Waals surface area contributed by atoms with E-state index >= 15 is 0 Å². The van der Waals surface area contributed by atoms with Gasteiger partial charge in [-0.05, 0) is 60.7 Å². The van der Waals surface area contributed by atoms with Crippen LogP contribution in [0.4, 0.5) is 0 Å². The zero-order valence-electron chi connectivity index (χ0n) is 20.3. The van der Waals surface area contributed by atoms with Gasteiger partial charge in [-0.15, -0.1) is 0 Å². The fourth-order valence-corrected chi connectivity index (χ4v) is 3.47. The van der Waals surface area contributed by atoms with Gasteiger partial charge in [-0.3, -0.25) is 4.79 Å². The molecule has 37 heavy (non-hydrogen) atoms. The van der Waals surface area contributed by atoms with Gasteiger partial charge in [0.2, 0.25) is 0 Å². The Bertz CT molecular complexity index is 1300. The maximum atomic E-state index is 12.6. The van der Waals surface area contributed by atoms with Gasteiger partial charge in [0, 0.05) is 11.6 Å². The molecule has 6 nitrogen and oxygen atoms in total. The first kappa shape index (κ1) is 25.4. The maximum absolute atomic E-state index is 12.6. The van der Waals surface area contributed by atoms with E-state index in [1.807, 2.05) is 66.7 Å². The number of aromatic hydroxyl groups is 1. The molecule has 0 saturated heterocycles. The molecule has 0 radical (unpaired) electrons. The monoisotopic (exact) mass is 496 g/mol. The van der Waals surface area contributed by atoms with Crippen LogP contribution in [0.2, 0.25) is 0 Å². The van der Waals surface area contributed by atoms with Crippen LogP contribution in [0.5, 0.6) is 28.7 Å². The minimum absolute atomic E-state index is 0.0619. The molecule has 0 spiro atoms. The average molecular weight is 497 g/mol. The summed E-state index contributed by atoms with van der Waals surface area (Å²) in [5, 5.41) is 9.96. The lowest BCUT2D eigenvalue weighted by Gasteiger charge is -2.13. The molecule has 0 heterocycles. The second kappa shape index (κ2) is 13.4. The molecule has 0 unspecified atom stereocenters. The third kappa shape index (κ3) is 7.90. The first-order chi connectivity index (χ1) is 18.2. The Morgan fingerprint density at radius 2 is 1.16 bits per heavy atom. The Kier molecular flexibility index (Phi) is 9.19. The number of ether oxygens (including phenoxy) is 4. The summed E-state index contributed by atoms with van der Waals surface area (Å²) in [6, 6.07) is 30.9. The number of carbonyl (C=O) groups is 1. The van der Waals surface area contributed by atoms with Gasteiger partial charge in [-0.2, -0.15) is 0 Å². The van der Waals surface area contributed by atoms with Crippen LogP contribution in [0.3, 0.4) is 0 Å². The third-order valence-electron chi connectivity index (χ3n) is 5.29. The SMILES string of the molecule is O=C(/C=C/c1ccc(OCCOc2ccccc2)cc1OCCOc1ccccc1)c1ccccc1O. The average Bonchev–Trinajstić information content (AvgIpc) is 2.94. The van der Waals surface area contributed by atoms with Crippen molar-refractivity contribution in [3.8, 4) is 28.7 Å². The van der Waals surface area contributed by atoms with Crippen molar-refractivity contribution in [1.29, 1.82) is 0 Å². The Morgan fingerprint density at radius 1 is 0.622 bits per heavy atom. The van der Waals surface area contributed by atoms with Crippen LogP contribution >= 0.6 is 0 Å². The summed E-state index contributed by atoms with van der Waals surface area (Å²) in [5.74, 6) is 2.32. The summed E-state index contributed by atoms with van der Waals surface area (Å²) in [7, 11) is 0. The minimum Gasteiger partial charge on any atom is -0.507 e. The van der Waals surface area contributed by atoms with Crippen LogP contribution in [-0.4, -0.2) is 37.3 Å². The predicted molar refractivity (Wildman–Crippen MR) is 143 cm³/mol. The molecule has 4 rings (SSSR count). The van der Waals surface area contributed by atoms with E-state index in [1.165, 1.54) is 12.1 Å². The van der Waals surface area contributed by atoms with Crippen molar-refractivity contribution in [2.75, 3.05) is 26.4 Å². The number of ketones is 1. The van der Waals surface area contributed by atoms with E-state index < -0.39 is 0 Å². The molecule has 0 aliphatic rings. The second-order valence-corrected chi connectivity index (χ2v) is 7.93. The second-order valence-electron chi connectivity index (χ2n) is 7.93. The fraction of sp³-hybridized carbons (Fsp3) is 0.129. The van der Waals surface area contributed by atoms with Crippen molar-refractivity contribution in [2.45, 2.75) is 0 Å². The predicted octanol–water partition coefficient (Wildman–Crippen LogP) is 6.20. The summed E-state index contributed by atoms with van der Waals surface area (Å²) in [6.07, 6.45) is 3.07. The summed E-state index contributed by atoms with van der Waals surface area (Å²) in [4.78, 5) is 12.6. The zero-order valence-corrected chi connectivity index (χ0v) is 20.3. The molecule has 0 aliphatic heterocycles. The summed E-state index contributed by atoms with van der Waals surface area (Å²) in [5.41, 5.74) is 0.923. The molecule has 0 aromatic heterocycles. The summed E-state index contributed by atoms with van der Waals surface area (Å²) >= 11 is 0. The van der Waals surface area contributed by atoms with E-state index in [2.05, 4.69) is 0 Å². The Morgan fingerprint density at radius 3 is 1.78 bits per heavy atom. The molecule has 6 heteroatoms. The molecule has 0 fully saturated rings. The largest absolute Gasteiger partial charge is 0.507 e. The molecule has 1 N–H and O–H groups in total. The number of phenols is 1. The van der Waals surface area contributed by atoms with E-state index in [-0.39, 0.29) is 17.1 Å². The topological polar surface area (TPSA) is 74.2 Å². The number of carbonyl (C=O) groups excluding carboxylic acids is 1. The van der Waals surface area contributed by atoms with Crippen LogP contribution in [0, 0.1) is 0 Å². The van der Waals surface area contributed by atoms with Crippen molar-refractivity contribution < 1.29 is 28.8 Å². The molecule has 4 aromatic rings. The third-order valence-corrected chi connectivity index (χ3v) is 5.29. The van der Waals surface area contributed by atoms with Gasteiger partial charge in [-0.1, -0.05) is 48.5 Å². The van der Waals surface area contributed by atoms with Crippen molar-refractivity contribution in [3.63, 3.8) is 0 Å². The number of para-hydroxylation sites is 3. The van der Waals surface area contributed by atoms with Gasteiger partial charge in [0.25, 0.3) is 0 Å². The van der Waals surface area contributed by atoms with Gasteiger partial charge < -0.3 is 24.1 Å². The number of rotatable bonds is 13. The van der Waals surface area contributed by atoms with Crippen LogP contribution in [0.1, 0.15) is 15.9 Å². The van der Waals surface area contributed by atoms with Crippen LogP contribution in [-0.2, 0) is 0 Å². The molecule has 0 saturated carbocycles. The molecule has 4 aromatic carbocycles. The lowest BCUT2D eigenvalue weighted by Crippen LogP contribution is -2.11. The van der Waals surface area contributed by atoms with E-state index in [1.54, 1.807) is 36.4 Å². The Labute approximate surface area is 216 Å². The highest BCUT2D eigenvalue weighted by Gasteiger charge is 2.09. The van der Waals surface area contributed by atoms with Crippen LogP contribution < -0.4 is 18.9 Å². The van der Waals surface area contributed by atoms with E-state index in [4.69, 9.17) is 18.9 Å². The highest BCUT2D eigenvalue weighted by atomic mass is 16.5. The summed E-state index contributed by atoms with van der Waals surface area (Å²) in [6.45, 7) is 1.39. The van der Waals surface area contributed by atoms with Crippen LogP contribution in [0.15, 0.2) is 109 Å². The highest BCUT2D eigenvalue weighted by molar-refractivity contribution is 6.08. The number of allylic oxidation sites excluding steroid dienone is 1.